The van der Waals surface area contributed by atoms with Gasteiger partial charge in [0.2, 0.25) is 0 Å². The summed E-state index contributed by atoms with van der Waals surface area (Å²) in [5, 5.41) is 9.88. The lowest BCUT2D eigenvalue weighted by atomic mass is 10.0. The van der Waals surface area contributed by atoms with E-state index in [2.05, 4.69) is 25.7 Å². The number of benzene rings is 1. The zero-order chi connectivity index (χ0) is 12.8. The highest BCUT2D eigenvalue weighted by Gasteiger charge is 2.21. The van der Waals surface area contributed by atoms with Crippen molar-refractivity contribution in [2.75, 3.05) is 20.3 Å². The Morgan fingerprint density at radius 1 is 1.29 bits per heavy atom. The molecule has 1 rings (SSSR count). The number of phenols is 1. The van der Waals surface area contributed by atoms with E-state index in [1.165, 1.54) is 0 Å². The Balaban J connectivity index is 2.86. The number of nitrogens with zero attached hydrogens (tertiary/aromatic N) is 1. The maximum Gasteiger partial charge on any atom is 0.120 e. The van der Waals surface area contributed by atoms with Gasteiger partial charge in [0, 0.05) is 24.8 Å². The molecule has 1 N–H and O–H groups in total. The van der Waals surface area contributed by atoms with Gasteiger partial charge in [0.25, 0.3) is 0 Å². The van der Waals surface area contributed by atoms with Gasteiger partial charge in [-0.1, -0.05) is 25.1 Å². The summed E-state index contributed by atoms with van der Waals surface area (Å²) in [6.07, 6.45) is 0. The molecule has 2 atom stereocenters. The Hall–Kier alpha value is -1.06. The molecule has 17 heavy (non-hydrogen) atoms. The number of ether oxygens (including phenoxy) is 1. The molecule has 0 aromatic heterocycles. The number of hydrogen-bond acceptors (Lipinski definition) is 3. The third-order valence-corrected chi connectivity index (χ3v) is 3.22. The number of aromatic hydroxyl groups is 1. The van der Waals surface area contributed by atoms with Gasteiger partial charge >= 0.3 is 0 Å². The van der Waals surface area contributed by atoms with Crippen LogP contribution >= 0.6 is 0 Å². The second-order valence-corrected chi connectivity index (χ2v) is 4.37. The molecule has 0 radical (unpaired) electrons. The zero-order valence-corrected chi connectivity index (χ0v) is 11.2. The van der Waals surface area contributed by atoms with Crippen LogP contribution in [0.3, 0.4) is 0 Å². The second kappa shape index (κ2) is 6.62. The van der Waals surface area contributed by atoms with Gasteiger partial charge in [-0.2, -0.15) is 0 Å². The molecule has 0 aliphatic heterocycles. The molecule has 0 aliphatic carbocycles. The first kappa shape index (κ1) is 14.0. The molecule has 0 spiro atoms. The molecule has 0 heterocycles. The first-order chi connectivity index (χ1) is 8.11. The highest BCUT2D eigenvalue weighted by molar-refractivity contribution is 5.34. The summed E-state index contributed by atoms with van der Waals surface area (Å²) in [5.74, 6) is 0.364. The molecule has 3 heteroatoms. The maximum atomic E-state index is 9.88. The quantitative estimate of drug-likeness (QED) is 0.825. The second-order valence-electron chi connectivity index (χ2n) is 4.37. The summed E-state index contributed by atoms with van der Waals surface area (Å²) >= 11 is 0. The van der Waals surface area contributed by atoms with E-state index >= 15 is 0 Å². The van der Waals surface area contributed by atoms with Crippen molar-refractivity contribution in [2.45, 2.75) is 32.9 Å². The van der Waals surface area contributed by atoms with Crippen molar-refractivity contribution in [3.05, 3.63) is 29.8 Å². The summed E-state index contributed by atoms with van der Waals surface area (Å²) in [7, 11) is 1.72. The molecule has 0 fully saturated rings. The lowest BCUT2D eigenvalue weighted by molar-refractivity contribution is 0.0775. The topological polar surface area (TPSA) is 32.7 Å². The van der Waals surface area contributed by atoms with Crippen LogP contribution in [0.1, 0.15) is 32.4 Å². The number of para-hydroxylation sites is 1. The molecule has 3 nitrogen and oxygen atoms in total. The van der Waals surface area contributed by atoms with Crippen LogP contribution in [0, 0.1) is 0 Å². The first-order valence-corrected chi connectivity index (χ1v) is 6.14. The lowest BCUT2D eigenvalue weighted by Crippen LogP contribution is -2.38. The van der Waals surface area contributed by atoms with E-state index in [0.29, 0.717) is 18.4 Å². The Morgan fingerprint density at radius 3 is 2.47 bits per heavy atom. The van der Waals surface area contributed by atoms with Gasteiger partial charge < -0.3 is 9.84 Å². The third kappa shape index (κ3) is 3.45. The van der Waals surface area contributed by atoms with Crippen molar-refractivity contribution in [2.24, 2.45) is 0 Å². The summed E-state index contributed by atoms with van der Waals surface area (Å²) in [6, 6.07) is 8.04. The predicted molar refractivity (Wildman–Crippen MR) is 70.2 cm³/mol. The van der Waals surface area contributed by atoms with Gasteiger partial charge in [-0.05, 0) is 26.5 Å². The van der Waals surface area contributed by atoms with Crippen LogP contribution in [-0.2, 0) is 4.74 Å². The van der Waals surface area contributed by atoms with Crippen molar-refractivity contribution in [1.82, 2.24) is 4.90 Å². The number of likely N-dealkylation sites (N-methyl/N-ethyl adjacent to an activating group) is 1. The van der Waals surface area contributed by atoms with Crippen LogP contribution in [0.4, 0.5) is 0 Å². The first-order valence-electron chi connectivity index (χ1n) is 6.14. The van der Waals surface area contributed by atoms with Gasteiger partial charge in [-0.3, -0.25) is 4.90 Å². The van der Waals surface area contributed by atoms with E-state index in [9.17, 15) is 5.11 Å². The molecule has 1 aromatic carbocycles. The third-order valence-electron chi connectivity index (χ3n) is 3.22. The fourth-order valence-corrected chi connectivity index (χ4v) is 2.32. The molecule has 0 aliphatic rings. The van der Waals surface area contributed by atoms with Crippen LogP contribution in [0.15, 0.2) is 24.3 Å². The average molecular weight is 237 g/mol. The Kier molecular flexibility index (Phi) is 5.45. The number of hydrogen-bond donors (Lipinski definition) is 1. The molecule has 0 saturated carbocycles. The van der Waals surface area contributed by atoms with Crippen LogP contribution in [0.25, 0.3) is 0 Å². The fourth-order valence-electron chi connectivity index (χ4n) is 2.32. The zero-order valence-electron chi connectivity index (χ0n) is 11.2. The minimum absolute atomic E-state index is 0.186. The molecule has 2 unspecified atom stereocenters. The highest BCUT2D eigenvalue weighted by Crippen LogP contribution is 2.29. The number of phenolic OH excluding ortho intramolecular Hbond substituents is 1. The van der Waals surface area contributed by atoms with E-state index in [-0.39, 0.29) is 6.04 Å². The van der Waals surface area contributed by atoms with Crippen LogP contribution in [-0.4, -0.2) is 36.3 Å². The lowest BCUT2D eigenvalue weighted by Gasteiger charge is -2.33. The van der Waals surface area contributed by atoms with Gasteiger partial charge in [0.05, 0.1) is 6.61 Å². The van der Waals surface area contributed by atoms with Gasteiger partial charge in [0.1, 0.15) is 5.75 Å². The number of rotatable bonds is 6. The van der Waals surface area contributed by atoms with Gasteiger partial charge in [0.15, 0.2) is 0 Å². The molecule has 0 amide bonds. The van der Waals surface area contributed by atoms with E-state index in [0.717, 1.165) is 12.1 Å². The molecule has 0 saturated heterocycles. The van der Waals surface area contributed by atoms with Crippen LogP contribution < -0.4 is 0 Å². The van der Waals surface area contributed by atoms with Gasteiger partial charge in [-0.15, -0.1) is 0 Å². The monoisotopic (exact) mass is 237 g/mol. The smallest absolute Gasteiger partial charge is 0.120 e. The summed E-state index contributed by atoms with van der Waals surface area (Å²) < 4.78 is 5.20. The van der Waals surface area contributed by atoms with Gasteiger partial charge in [-0.25, -0.2) is 0 Å². The van der Waals surface area contributed by atoms with Crippen molar-refractivity contribution in [3.63, 3.8) is 0 Å². The summed E-state index contributed by atoms with van der Waals surface area (Å²) in [6.45, 7) is 8.02. The largest absolute Gasteiger partial charge is 0.508 e. The SMILES string of the molecule is CCN(C(C)COC)C(C)c1ccccc1O. The van der Waals surface area contributed by atoms with E-state index in [4.69, 9.17) is 4.74 Å². The fraction of sp³-hybridized carbons (Fsp3) is 0.571. The van der Waals surface area contributed by atoms with E-state index < -0.39 is 0 Å². The molecular weight excluding hydrogens is 214 g/mol. The Morgan fingerprint density at radius 2 is 1.94 bits per heavy atom. The van der Waals surface area contributed by atoms with E-state index in [1.54, 1.807) is 13.2 Å². The minimum atomic E-state index is 0.186. The maximum absolute atomic E-state index is 9.88. The highest BCUT2D eigenvalue weighted by atomic mass is 16.5. The summed E-state index contributed by atoms with van der Waals surface area (Å²) in [4.78, 5) is 2.32. The molecular formula is C14H23NO2. The van der Waals surface area contributed by atoms with Crippen molar-refractivity contribution < 1.29 is 9.84 Å². The molecule has 1 aromatic rings. The van der Waals surface area contributed by atoms with Crippen LogP contribution in [0.5, 0.6) is 5.75 Å². The van der Waals surface area contributed by atoms with Crippen molar-refractivity contribution in [1.29, 1.82) is 0 Å². The molecule has 96 valence electrons. The summed E-state index contributed by atoms with van der Waals surface area (Å²) in [5.41, 5.74) is 0.970. The molecule has 0 bridgehead atoms. The standard InChI is InChI=1S/C14H23NO2/c1-5-15(11(2)10-17-4)12(3)13-8-6-7-9-14(13)16/h6-9,11-12,16H,5,10H2,1-4H3. The normalized spacial score (nSPS) is 14.9. The van der Waals surface area contributed by atoms with Crippen molar-refractivity contribution in [3.8, 4) is 5.75 Å². The van der Waals surface area contributed by atoms with Crippen LogP contribution in [0.2, 0.25) is 0 Å². The van der Waals surface area contributed by atoms with E-state index in [1.807, 2.05) is 18.2 Å². The average Bonchev–Trinajstić information content (AvgIpc) is 2.30. The minimum Gasteiger partial charge on any atom is -0.508 e. The number of methoxy groups -OCH3 is 1. The Labute approximate surface area is 104 Å². The predicted octanol–water partition coefficient (Wildman–Crippen LogP) is 2.81. The Bertz CT molecular complexity index is 341. The van der Waals surface area contributed by atoms with Crippen molar-refractivity contribution >= 4 is 0 Å².